The van der Waals surface area contributed by atoms with Gasteiger partial charge in [0.05, 0.1) is 23.8 Å². The minimum atomic E-state index is -0.570. The predicted octanol–water partition coefficient (Wildman–Crippen LogP) is 3.17. The van der Waals surface area contributed by atoms with Crippen LogP contribution in [0.2, 0.25) is 0 Å². The maximum absolute atomic E-state index is 14.2. The molecule has 0 unspecified atom stereocenters. The summed E-state index contributed by atoms with van der Waals surface area (Å²) >= 11 is 1.50. The number of morpholine rings is 1. The quantitative estimate of drug-likeness (QED) is 0.491. The largest absolute Gasteiger partial charge is 0.379 e. The maximum atomic E-state index is 14.2. The van der Waals surface area contributed by atoms with Gasteiger partial charge in [-0.3, -0.25) is 14.5 Å². The predicted molar refractivity (Wildman–Crippen MR) is 121 cm³/mol. The molecule has 1 saturated heterocycles. The molecule has 0 spiro atoms. The van der Waals surface area contributed by atoms with Gasteiger partial charge in [-0.1, -0.05) is 11.2 Å². The molecule has 1 aliphatic heterocycles. The van der Waals surface area contributed by atoms with Gasteiger partial charge in [0.1, 0.15) is 5.82 Å². The van der Waals surface area contributed by atoms with Gasteiger partial charge in [-0.15, -0.1) is 11.3 Å². The van der Waals surface area contributed by atoms with Gasteiger partial charge in [0.25, 0.3) is 0 Å². The molecule has 174 valence electrons. The topological polar surface area (TPSA) is 110 Å². The monoisotopic (exact) mass is 473 g/mol. The number of carbonyl (C=O) groups is 2. The average molecular weight is 474 g/mol. The molecule has 0 saturated carbocycles. The Morgan fingerprint density at radius 3 is 2.73 bits per heavy atom. The van der Waals surface area contributed by atoms with Gasteiger partial charge in [0.15, 0.2) is 0 Å². The lowest BCUT2D eigenvalue weighted by molar-refractivity contribution is -0.117. The Bertz CT molecular complexity index is 1080. The first-order chi connectivity index (χ1) is 16.1. The number of rotatable bonds is 9. The maximum Gasteiger partial charge on any atom is 0.227 e. The summed E-state index contributed by atoms with van der Waals surface area (Å²) < 4.78 is 24.6. The number of aryl methyl sites for hydroxylation is 1. The minimum Gasteiger partial charge on any atom is -0.379 e. The zero-order chi connectivity index (χ0) is 23.0. The molecule has 9 nitrogen and oxygen atoms in total. The van der Waals surface area contributed by atoms with E-state index in [4.69, 9.17) is 9.26 Å². The molecule has 0 aliphatic carbocycles. The van der Waals surface area contributed by atoms with E-state index in [0.717, 1.165) is 18.0 Å². The Labute approximate surface area is 193 Å². The van der Waals surface area contributed by atoms with Crippen LogP contribution in [0.4, 0.5) is 15.8 Å². The lowest BCUT2D eigenvalue weighted by Crippen LogP contribution is -2.38. The molecule has 2 aromatic heterocycles. The lowest BCUT2D eigenvalue weighted by Gasteiger charge is -2.26. The first-order valence-electron chi connectivity index (χ1n) is 10.6. The van der Waals surface area contributed by atoms with Crippen LogP contribution in [0.5, 0.6) is 0 Å². The zero-order valence-corrected chi connectivity index (χ0v) is 18.7. The van der Waals surface area contributed by atoms with Gasteiger partial charge in [0, 0.05) is 44.6 Å². The van der Waals surface area contributed by atoms with Gasteiger partial charge in [-0.25, -0.2) is 4.39 Å². The number of benzene rings is 1. The van der Waals surface area contributed by atoms with Gasteiger partial charge in [0.2, 0.25) is 23.5 Å². The fraction of sp³-hybridized carbons (Fsp3) is 0.364. The van der Waals surface area contributed by atoms with Gasteiger partial charge in [-0.2, -0.15) is 4.98 Å². The van der Waals surface area contributed by atoms with E-state index in [1.54, 1.807) is 0 Å². The van der Waals surface area contributed by atoms with Crippen molar-refractivity contribution in [1.82, 2.24) is 15.0 Å². The number of amides is 2. The van der Waals surface area contributed by atoms with Crippen LogP contribution in [-0.2, 0) is 20.7 Å². The van der Waals surface area contributed by atoms with Crippen LogP contribution in [0.25, 0.3) is 10.7 Å². The van der Waals surface area contributed by atoms with Crippen LogP contribution in [0.15, 0.2) is 40.2 Å². The summed E-state index contributed by atoms with van der Waals surface area (Å²) in [5.74, 6) is -0.294. The van der Waals surface area contributed by atoms with E-state index in [9.17, 15) is 14.0 Å². The van der Waals surface area contributed by atoms with E-state index in [-0.39, 0.29) is 36.8 Å². The van der Waals surface area contributed by atoms with Crippen LogP contribution < -0.4 is 10.6 Å². The van der Waals surface area contributed by atoms with Crippen LogP contribution in [0.3, 0.4) is 0 Å². The summed E-state index contributed by atoms with van der Waals surface area (Å²) in [6.07, 6.45) is 0.634. The number of nitrogens with zero attached hydrogens (tertiary/aromatic N) is 3. The van der Waals surface area contributed by atoms with Crippen molar-refractivity contribution in [2.45, 2.75) is 19.3 Å². The van der Waals surface area contributed by atoms with Crippen LogP contribution in [0.1, 0.15) is 18.7 Å². The van der Waals surface area contributed by atoms with Crippen molar-refractivity contribution in [2.24, 2.45) is 0 Å². The van der Waals surface area contributed by atoms with Crippen LogP contribution in [-0.4, -0.2) is 59.7 Å². The molecule has 0 bridgehead atoms. The molecule has 0 radical (unpaired) electrons. The second-order valence-electron chi connectivity index (χ2n) is 7.48. The average Bonchev–Trinajstić information content (AvgIpc) is 3.51. The Morgan fingerprint density at radius 1 is 1.12 bits per heavy atom. The van der Waals surface area contributed by atoms with Crippen molar-refractivity contribution >= 4 is 34.5 Å². The van der Waals surface area contributed by atoms with Crippen molar-refractivity contribution < 1.29 is 23.2 Å². The third-order valence-electron chi connectivity index (χ3n) is 5.06. The number of anilines is 2. The first kappa shape index (κ1) is 23.0. The van der Waals surface area contributed by atoms with Crippen molar-refractivity contribution in [3.8, 4) is 10.7 Å². The van der Waals surface area contributed by atoms with Gasteiger partial charge >= 0.3 is 0 Å². The summed E-state index contributed by atoms with van der Waals surface area (Å²) in [6, 6.07) is 7.84. The molecule has 3 heterocycles. The molecule has 33 heavy (non-hydrogen) atoms. The summed E-state index contributed by atoms with van der Waals surface area (Å²) in [4.78, 5) is 31.9. The normalized spacial score (nSPS) is 14.2. The molecule has 2 amide bonds. The van der Waals surface area contributed by atoms with Crippen LogP contribution >= 0.6 is 11.3 Å². The molecule has 2 N–H and O–H groups in total. The van der Waals surface area contributed by atoms with Crippen molar-refractivity contribution in [3.05, 3.63) is 47.4 Å². The van der Waals surface area contributed by atoms with Crippen molar-refractivity contribution in [1.29, 1.82) is 0 Å². The number of hydrogen-bond acceptors (Lipinski definition) is 8. The molecule has 1 aliphatic rings. The third-order valence-corrected chi connectivity index (χ3v) is 5.92. The van der Waals surface area contributed by atoms with E-state index < -0.39 is 5.82 Å². The number of halogens is 1. The number of carbonyl (C=O) groups excluding carboxylic acids is 2. The van der Waals surface area contributed by atoms with E-state index >= 15 is 0 Å². The molecule has 3 aromatic rings. The fourth-order valence-electron chi connectivity index (χ4n) is 3.30. The molecular weight excluding hydrogens is 449 g/mol. The van der Waals surface area contributed by atoms with E-state index in [0.29, 0.717) is 37.2 Å². The Balaban J connectivity index is 1.26. The molecule has 1 aromatic carbocycles. The Hall–Kier alpha value is -3.15. The second kappa shape index (κ2) is 11.1. The highest BCUT2D eigenvalue weighted by molar-refractivity contribution is 7.13. The summed E-state index contributed by atoms with van der Waals surface area (Å²) in [5, 5.41) is 11.1. The van der Waals surface area contributed by atoms with Gasteiger partial charge < -0.3 is 19.9 Å². The molecule has 4 rings (SSSR count). The summed E-state index contributed by atoms with van der Waals surface area (Å²) in [6.45, 7) is 3.45. The highest BCUT2D eigenvalue weighted by Gasteiger charge is 2.15. The smallest absolute Gasteiger partial charge is 0.227 e. The number of aromatic nitrogens is 2. The molecular formula is C22H24FN5O4S. The Kier molecular flexibility index (Phi) is 7.76. The summed E-state index contributed by atoms with van der Waals surface area (Å²) in [5.41, 5.74) is 0.409. The number of nitrogens with one attached hydrogen (secondary N) is 2. The van der Waals surface area contributed by atoms with Crippen molar-refractivity contribution in [2.75, 3.05) is 43.5 Å². The Morgan fingerprint density at radius 2 is 1.94 bits per heavy atom. The standard InChI is InChI=1S/C22H24FN5O4S/c23-16-4-3-15(14-17(16)25-20(30)7-8-28-9-11-31-12-10-28)24-19(29)5-6-21-26-22(27-32-21)18-2-1-13-33-18/h1-4,13-14H,5-12H2,(H,24,29)(H,25,30). The number of ether oxygens (including phenoxy) is 1. The summed E-state index contributed by atoms with van der Waals surface area (Å²) in [7, 11) is 0. The van der Waals surface area contributed by atoms with E-state index in [1.807, 2.05) is 17.5 Å². The number of hydrogen-bond donors (Lipinski definition) is 2. The molecule has 1 fully saturated rings. The zero-order valence-electron chi connectivity index (χ0n) is 17.9. The van der Waals surface area contributed by atoms with E-state index in [1.165, 1.54) is 29.5 Å². The first-order valence-corrected chi connectivity index (χ1v) is 11.5. The van der Waals surface area contributed by atoms with Gasteiger partial charge in [-0.05, 0) is 29.6 Å². The van der Waals surface area contributed by atoms with Crippen LogP contribution in [0, 0.1) is 5.82 Å². The molecule has 0 atom stereocenters. The highest BCUT2D eigenvalue weighted by atomic mass is 32.1. The lowest BCUT2D eigenvalue weighted by atomic mass is 10.2. The van der Waals surface area contributed by atoms with Crippen molar-refractivity contribution in [3.63, 3.8) is 0 Å². The second-order valence-corrected chi connectivity index (χ2v) is 8.43. The third kappa shape index (κ3) is 6.67. The van der Waals surface area contributed by atoms with E-state index in [2.05, 4.69) is 25.7 Å². The SMILES string of the molecule is O=C(CCc1nc(-c2cccs2)no1)Nc1ccc(F)c(NC(=O)CCN2CCOCC2)c1. The fourth-order valence-corrected chi connectivity index (χ4v) is 3.95. The molecule has 11 heteroatoms. The minimum absolute atomic E-state index is 0.0252. The number of thiophene rings is 1. The highest BCUT2D eigenvalue weighted by Crippen LogP contribution is 2.22.